The number of hydrogen-bond donors (Lipinski definition) is 1. The molecule has 5 heteroatoms. The Morgan fingerprint density at radius 2 is 2.25 bits per heavy atom. The van der Waals surface area contributed by atoms with E-state index >= 15 is 0 Å². The SMILES string of the molecule is CCC(NCC(=O)N(C)C)c1ccc(Cl)s1. The van der Waals surface area contributed by atoms with E-state index in [1.54, 1.807) is 30.3 Å². The third-order valence-electron chi connectivity index (χ3n) is 2.34. The molecule has 0 fully saturated rings. The first-order chi connectivity index (χ1) is 7.54. The highest BCUT2D eigenvalue weighted by Crippen LogP contribution is 2.28. The van der Waals surface area contributed by atoms with Crippen LogP contribution in [0.1, 0.15) is 24.3 Å². The van der Waals surface area contributed by atoms with Crippen molar-refractivity contribution in [1.82, 2.24) is 10.2 Å². The largest absolute Gasteiger partial charge is 0.348 e. The Labute approximate surface area is 105 Å². The highest BCUT2D eigenvalue weighted by Gasteiger charge is 2.13. The van der Waals surface area contributed by atoms with Crippen LogP contribution in [0.5, 0.6) is 0 Å². The smallest absolute Gasteiger partial charge is 0.236 e. The molecule has 0 radical (unpaired) electrons. The van der Waals surface area contributed by atoms with Gasteiger partial charge in [-0.25, -0.2) is 0 Å². The van der Waals surface area contributed by atoms with Crippen molar-refractivity contribution in [2.24, 2.45) is 0 Å². The maximum absolute atomic E-state index is 11.4. The third-order valence-corrected chi connectivity index (χ3v) is 3.69. The Morgan fingerprint density at radius 1 is 1.56 bits per heavy atom. The van der Waals surface area contributed by atoms with Crippen molar-refractivity contribution in [3.05, 3.63) is 21.3 Å². The topological polar surface area (TPSA) is 32.3 Å². The highest BCUT2D eigenvalue weighted by atomic mass is 35.5. The van der Waals surface area contributed by atoms with E-state index in [-0.39, 0.29) is 11.9 Å². The summed E-state index contributed by atoms with van der Waals surface area (Å²) in [6.07, 6.45) is 0.942. The van der Waals surface area contributed by atoms with E-state index in [1.807, 2.05) is 12.1 Å². The zero-order valence-corrected chi connectivity index (χ0v) is 11.4. The van der Waals surface area contributed by atoms with Gasteiger partial charge in [0.15, 0.2) is 0 Å². The van der Waals surface area contributed by atoms with Crippen molar-refractivity contribution < 1.29 is 4.79 Å². The molecule has 1 aromatic heterocycles. The van der Waals surface area contributed by atoms with Crippen LogP contribution in [0.2, 0.25) is 4.34 Å². The van der Waals surface area contributed by atoms with Crippen LogP contribution in [0.25, 0.3) is 0 Å². The number of amides is 1. The molecule has 1 atom stereocenters. The van der Waals surface area contributed by atoms with Crippen molar-refractivity contribution in [1.29, 1.82) is 0 Å². The average Bonchev–Trinajstić information content (AvgIpc) is 2.65. The van der Waals surface area contributed by atoms with E-state index in [1.165, 1.54) is 4.88 Å². The van der Waals surface area contributed by atoms with Crippen LogP contribution in [0.3, 0.4) is 0 Å². The Kier molecular flexibility index (Phi) is 5.25. The van der Waals surface area contributed by atoms with Crippen LogP contribution in [0.15, 0.2) is 12.1 Å². The Balaban J connectivity index is 2.53. The lowest BCUT2D eigenvalue weighted by Gasteiger charge is -2.17. The predicted octanol–water partition coefficient (Wildman–Crippen LogP) is 2.53. The minimum absolute atomic E-state index is 0.0844. The summed E-state index contributed by atoms with van der Waals surface area (Å²) >= 11 is 7.45. The molecule has 3 nitrogen and oxygen atoms in total. The van der Waals surface area contributed by atoms with Crippen LogP contribution < -0.4 is 5.32 Å². The van der Waals surface area contributed by atoms with Gasteiger partial charge in [0.05, 0.1) is 10.9 Å². The van der Waals surface area contributed by atoms with Crippen LogP contribution in [0.4, 0.5) is 0 Å². The molecule has 0 aromatic carbocycles. The van der Waals surface area contributed by atoms with Gasteiger partial charge in [-0.1, -0.05) is 18.5 Å². The molecule has 1 unspecified atom stereocenters. The van der Waals surface area contributed by atoms with Gasteiger partial charge in [0.2, 0.25) is 5.91 Å². The number of thiophene rings is 1. The summed E-state index contributed by atoms with van der Waals surface area (Å²) in [5.74, 6) is 0.0844. The zero-order chi connectivity index (χ0) is 12.1. The monoisotopic (exact) mass is 260 g/mol. The summed E-state index contributed by atoms with van der Waals surface area (Å²) in [5.41, 5.74) is 0. The van der Waals surface area contributed by atoms with Gasteiger partial charge >= 0.3 is 0 Å². The summed E-state index contributed by atoms with van der Waals surface area (Å²) in [4.78, 5) is 14.2. The number of carbonyl (C=O) groups excluding carboxylic acids is 1. The first-order valence-corrected chi connectivity index (χ1v) is 6.42. The Hall–Kier alpha value is -0.580. The van der Waals surface area contributed by atoms with Crippen molar-refractivity contribution in [2.75, 3.05) is 20.6 Å². The summed E-state index contributed by atoms with van der Waals surface area (Å²) in [5, 5.41) is 3.24. The minimum Gasteiger partial charge on any atom is -0.348 e. The molecule has 1 amide bonds. The van der Waals surface area contributed by atoms with E-state index in [0.717, 1.165) is 10.8 Å². The summed E-state index contributed by atoms with van der Waals surface area (Å²) in [6, 6.07) is 4.11. The summed E-state index contributed by atoms with van der Waals surface area (Å²) in [6.45, 7) is 2.45. The Morgan fingerprint density at radius 3 is 2.69 bits per heavy atom. The molecular formula is C11H17ClN2OS. The fraction of sp³-hybridized carbons (Fsp3) is 0.545. The molecule has 1 rings (SSSR count). The number of rotatable bonds is 5. The molecule has 0 saturated carbocycles. The molecule has 0 saturated heterocycles. The zero-order valence-electron chi connectivity index (χ0n) is 9.79. The first-order valence-electron chi connectivity index (χ1n) is 5.23. The molecule has 0 aliphatic rings. The van der Waals surface area contributed by atoms with Gasteiger partial charge in [0.1, 0.15) is 0 Å². The second-order valence-electron chi connectivity index (χ2n) is 3.77. The molecule has 1 aromatic rings. The van der Waals surface area contributed by atoms with Crippen LogP contribution in [0, 0.1) is 0 Å². The molecule has 0 bridgehead atoms. The second-order valence-corrected chi connectivity index (χ2v) is 5.52. The lowest BCUT2D eigenvalue weighted by atomic mass is 10.2. The predicted molar refractivity (Wildman–Crippen MR) is 69.1 cm³/mol. The number of likely N-dealkylation sites (N-methyl/N-ethyl adjacent to an activating group) is 1. The summed E-state index contributed by atoms with van der Waals surface area (Å²) < 4.78 is 0.786. The van der Waals surface area contributed by atoms with Crippen molar-refractivity contribution in [3.63, 3.8) is 0 Å². The lowest BCUT2D eigenvalue weighted by Crippen LogP contribution is -2.34. The lowest BCUT2D eigenvalue weighted by molar-refractivity contribution is -0.127. The molecule has 0 aliphatic carbocycles. The van der Waals surface area contributed by atoms with Crippen LogP contribution >= 0.6 is 22.9 Å². The van der Waals surface area contributed by atoms with E-state index in [4.69, 9.17) is 11.6 Å². The van der Waals surface area contributed by atoms with E-state index in [2.05, 4.69) is 12.2 Å². The average molecular weight is 261 g/mol. The number of halogens is 1. The second kappa shape index (κ2) is 6.23. The van der Waals surface area contributed by atoms with E-state index < -0.39 is 0 Å². The van der Waals surface area contributed by atoms with Crippen LogP contribution in [-0.4, -0.2) is 31.4 Å². The molecular weight excluding hydrogens is 244 g/mol. The molecule has 0 aliphatic heterocycles. The number of nitrogens with one attached hydrogen (secondary N) is 1. The van der Waals surface area contributed by atoms with Crippen molar-refractivity contribution in [3.8, 4) is 0 Å². The highest BCUT2D eigenvalue weighted by molar-refractivity contribution is 7.16. The number of hydrogen-bond acceptors (Lipinski definition) is 3. The van der Waals surface area contributed by atoms with Gasteiger partial charge in [0, 0.05) is 25.0 Å². The quantitative estimate of drug-likeness (QED) is 0.882. The maximum Gasteiger partial charge on any atom is 0.236 e. The van der Waals surface area contributed by atoms with Gasteiger partial charge in [-0.15, -0.1) is 11.3 Å². The number of carbonyl (C=O) groups is 1. The molecule has 1 N–H and O–H groups in total. The molecule has 1 heterocycles. The standard InChI is InChI=1S/C11H17ClN2OS/c1-4-8(9-5-6-10(12)16-9)13-7-11(15)14(2)3/h5-6,8,13H,4,7H2,1-3H3. The molecule has 0 spiro atoms. The Bertz CT molecular complexity index is 352. The van der Waals surface area contributed by atoms with Gasteiger partial charge in [-0.05, 0) is 18.6 Å². The third kappa shape index (κ3) is 3.77. The number of nitrogens with zero attached hydrogens (tertiary/aromatic N) is 1. The fourth-order valence-electron chi connectivity index (χ4n) is 1.33. The molecule has 90 valence electrons. The maximum atomic E-state index is 11.4. The van der Waals surface area contributed by atoms with Crippen molar-refractivity contribution in [2.45, 2.75) is 19.4 Å². The van der Waals surface area contributed by atoms with Gasteiger partial charge < -0.3 is 10.2 Å². The van der Waals surface area contributed by atoms with E-state index in [0.29, 0.717) is 6.54 Å². The fourth-order valence-corrected chi connectivity index (χ4v) is 2.55. The van der Waals surface area contributed by atoms with Crippen LogP contribution in [-0.2, 0) is 4.79 Å². The normalized spacial score (nSPS) is 12.5. The van der Waals surface area contributed by atoms with Crippen molar-refractivity contribution >= 4 is 28.8 Å². The van der Waals surface area contributed by atoms with E-state index in [9.17, 15) is 4.79 Å². The first kappa shape index (κ1) is 13.5. The van der Waals surface area contributed by atoms with Gasteiger partial charge in [0.25, 0.3) is 0 Å². The van der Waals surface area contributed by atoms with Gasteiger partial charge in [-0.2, -0.15) is 0 Å². The molecule has 16 heavy (non-hydrogen) atoms. The minimum atomic E-state index is 0.0844. The summed E-state index contributed by atoms with van der Waals surface area (Å²) in [7, 11) is 3.51. The van der Waals surface area contributed by atoms with Gasteiger partial charge in [-0.3, -0.25) is 4.79 Å².